The second-order valence-electron chi connectivity index (χ2n) is 5.65. The smallest absolute Gasteiger partial charge is 0.369 e. The maximum absolute atomic E-state index is 14.8. The first-order chi connectivity index (χ1) is 12.3. The lowest BCUT2D eigenvalue weighted by Crippen LogP contribution is -2.52. The van der Waals surface area contributed by atoms with E-state index >= 15 is 0 Å². The maximum Gasteiger partial charge on any atom is 0.471 e. The molecule has 146 valence electrons. The van der Waals surface area contributed by atoms with E-state index in [1.165, 1.54) is 5.32 Å². The molecule has 0 saturated carbocycles. The zero-order chi connectivity index (χ0) is 20.7. The van der Waals surface area contributed by atoms with Crippen molar-refractivity contribution in [2.75, 3.05) is 0 Å². The molecule has 1 aromatic carbocycles. The molecule has 0 fully saturated rings. The van der Waals surface area contributed by atoms with Crippen molar-refractivity contribution in [1.82, 2.24) is 5.32 Å². The van der Waals surface area contributed by atoms with Crippen molar-refractivity contribution in [3.63, 3.8) is 0 Å². The lowest BCUT2D eigenvalue weighted by atomic mass is 9.83. The van der Waals surface area contributed by atoms with Gasteiger partial charge >= 0.3 is 12.1 Å². The molecule has 0 aromatic heterocycles. The van der Waals surface area contributed by atoms with Crippen LogP contribution in [-0.4, -0.2) is 28.8 Å². The second-order valence-corrected chi connectivity index (χ2v) is 6.01. The number of aliphatic imine (C=N–C) groups is 1. The lowest BCUT2D eigenvalue weighted by Gasteiger charge is -2.34. The molecule has 1 heterocycles. The van der Waals surface area contributed by atoms with E-state index in [-0.39, 0.29) is 0 Å². The fourth-order valence-electron chi connectivity index (χ4n) is 2.42. The summed E-state index contributed by atoms with van der Waals surface area (Å²) in [5, 5.41) is 0.384. The number of nitrogens with zero attached hydrogens (tertiary/aromatic N) is 1. The van der Waals surface area contributed by atoms with Gasteiger partial charge in [0.05, 0.1) is 11.4 Å². The Kier molecular flexibility index (Phi) is 5.28. The van der Waals surface area contributed by atoms with E-state index in [0.29, 0.717) is 13.0 Å². The number of carbonyl (C=O) groups excluding carboxylic acids is 2. The van der Waals surface area contributed by atoms with Crippen LogP contribution in [0.25, 0.3) is 5.70 Å². The molecule has 5 nitrogen and oxygen atoms in total. The quantitative estimate of drug-likeness (QED) is 0.747. The summed E-state index contributed by atoms with van der Waals surface area (Å²) in [4.78, 5) is 26.5. The highest BCUT2D eigenvalue weighted by Crippen LogP contribution is 2.40. The monoisotopic (exact) mass is 413 g/mol. The number of nitrogens with one attached hydrogen (secondary N) is 1. The molecular weight excluding hydrogens is 404 g/mol. The van der Waals surface area contributed by atoms with Gasteiger partial charge in [0, 0.05) is 11.6 Å². The van der Waals surface area contributed by atoms with Crippen molar-refractivity contribution in [3.8, 4) is 0 Å². The summed E-state index contributed by atoms with van der Waals surface area (Å²) in [5.41, 5.74) is -0.297. The zero-order valence-electron chi connectivity index (χ0n) is 13.3. The van der Waals surface area contributed by atoms with Gasteiger partial charge in [-0.25, -0.2) is 18.2 Å². The van der Waals surface area contributed by atoms with Crippen molar-refractivity contribution >= 4 is 34.3 Å². The van der Waals surface area contributed by atoms with Crippen molar-refractivity contribution in [1.29, 1.82) is 0 Å². The normalized spacial score (nSPS) is 23.1. The number of rotatable bonds is 3. The van der Waals surface area contributed by atoms with E-state index in [2.05, 4.69) is 4.99 Å². The molecule has 2 rings (SSSR count). The van der Waals surface area contributed by atoms with Crippen molar-refractivity contribution in [3.05, 3.63) is 41.1 Å². The van der Waals surface area contributed by atoms with Gasteiger partial charge in [-0.15, -0.1) is 0 Å². The number of carbonyl (C=O) groups is 2. The predicted molar refractivity (Wildman–Crippen MR) is 83.0 cm³/mol. The van der Waals surface area contributed by atoms with E-state index in [9.17, 15) is 35.9 Å². The standard InChI is InChI=1S/C15H10ClF6N3O2/c1-14(19)8(11(23)26)10(25-13(27)15(20,21)22)9(24-12(14)16)6-3-2-5(17)4-7(6)18/h2-4,8H,1H3,(H2,23,26)(H,25,27). The fraction of sp³-hybridized carbons (Fsp3) is 0.267. The molecule has 2 amide bonds. The number of hydrogen-bond acceptors (Lipinski definition) is 3. The number of hydrogen-bond donors (Lipinski definition) is 2. The highest BCUT2D eigenvalue weighted by molar-refractivity contribution is 6.68. The van der Waals surface area contributed by atoms with Crippen molar-refractivity contribution in [2.45, 2.75) is 18.8 Å². The van der Waals surface area contributed by atoms with Gasteiger partial charge in [0.25, 0.3) is 0 Å². The Balaban J connectivity index is 2.78. The summed E-state index contributed by atoms with van der Waals surface area (Å²) in [5.74, 6) is -8.63. The fourth-order valence-corrected chi connectivity index (χ4v) is 2.61. The summed E-state index contributed by atoms with van der Waals surface area (Å²) < 4.78 is 80.0. The number of amides is 2. The van der Waals surface area contributed by atoms with Crippen LogP contribution >= 0.6 is 11.6 Å². The summed E-state index contributed by atoms with van der Waals surface area (Å²) in [6.45, 7) is 0.700. The van der Waals surface area contributed by atoms with Crippen LogP contribution in [0, 0.1) is 17.6 Å². The van der Waals surface area contributed by atoms with Gasteiger partial charge in [0.1, 0.15) is 22.7 Å². The van der Waals surface area contributed by atoms with E-state index in [4.69, 9.17) is 17.3 Å². The molecule has 3 N–H and O–H groups in total. The van der Waals surface area contributed by atoms with Gasteiger partial charge in [0.15, 0.2) is 5.67 Å². The van der Waals surface area contributed by atoms with Crippen LogP contribution in [0.5, 0.6) is 0 Å². The molecule has 12 heteroatoms. The summed E-state index contributed by atoms with van der Waals surface area (Å²) in [6.07, 6.45) is -5.42. The van der Waals surface area contributed by atoms with Gasteiger partial charge in [-0.2, -0.15) is 13.2 Å². The second kappa shape index (κ2) is 6.87. The molecule has 0 bridgehead atoms. The molecule has 0 saturated heterocycles. The molecule has 1 aliphatic heterocycles. The minimum Gasteiger partial charge on any atom is -0.369 e. The summed E-state index contributed by atoms with van der Waals surface area (Å²) in [7, 11) is 0. The summed E-state index contributed by atoms with van der Waals surface area (Å²) in [6, 6.07) is 1.88. The van der Waals surface area contributed by atoms with Gasteiger partial charge in [-0.1, -0.05) is 11.6 Å². The number of primary amides is 1. The van der Waals surface area contributed by atoms with Crippen LogP contribution < -0.4 is 11.1 Å². The maximum atomic E-state index is 14.8. The minimum absolute atomic E-state index is 0.373. The number of benzene rings is 1. The minimum atomic E-state index is -5.42. The van der Waals surface area contributed by atoms with Gasteiger partial charge in [0.2, 0.25) is 5.91 Å². The Bertz CT molecular complexity index is 879. The molecular formula is C15H10ClF6N3O2. The topological polar surface area (TPSA) is 84.6 Å². The number of nitrogens with two attached hydrogens (primary N) is 1. The van der Waals surface area contributed by atoms with E-state index in [1.54, 1.807) is 0 Å². The molecule has 1 aromatic rings. The molecule has 2 unspecified atom stereocenters. The first kappa shape index (κ1) is 20.7. The molecule has 0 radical (unpaired) electrons. The molecule has 0 aliphatic carbocycles. The third-order valence-corrected chi connectivity index (χ3v) is 4.13. The predicted octanol–water partition coefficient (Wildman–Crippen LogP) is 2.79. The molecule has 0 spiro atoms. The molecule has 1 aliphatic rings. The average Bonchev–Trinajstić information content (AvgIpc) is 2.49. The van der Waals surface area contributed by atoms with Crippen LogP contribution in [0.3, 0.4) is 0 Å². The largest absolute Gasteiger partial charge is 0.471 e. The molecule has 27 heavy (non-hydrogen) atoms. The highest BCUT2D eigenvalue weighted by atomic mass is 35.5. The first-order valence-corrected chi connectivity index (χ1v) is 7.45. The molecule has 2 atom stereocenters. The average molecular weight is 414 g/mol. The van der Waals surface area contributed by atoms with E-state index < -0.39 is 63.3 Å². The van der Waals surface area contributed by atoms with E-state index in [0.717, 1.165) is 12.1 Å². The third kappa shape index (κ3) is 3.92. The summed E-state index contributed by atoms with van der Waals surface area (Å²) >= 11 is 5.67. The first-order valence-electron chi connectivity index (χ1n) is 7.07. The SMILES string of the molecule is CC1(F)C(Cl)=NC(c2ccc(F)cc2F)=C(NC(=O)C(F)(F)F)C1C(N)=O. The Labute approximate surface area is 152 Å². The Morgan fingerprint density at radius 2 is 1.89 bits per heavy atom. The Morgan fingerprint density at radius 1 is 1.30 bits per heavy atom. The van der Waals surface area contributed by atoms with Crippen LogP contribution in [-0.2, 0) is 9.59 Å². The van der Waals surface area contributed by atoms with Crippen LogP contribution in [0.15, 0.2) is 28.9 Å². The van der Waals surface area contributed by atoms with Crippen LogP contribution in [0.4, 0.5) is 26.3 Å². The lowest BCUT2D eigenvalue weighted by molar-refractivity contribution is -0.173. The Morgan fingerprint density at radius 3 is 2.37 bits per heavy atom. The van der Waals surface area contributed by atoms with Gasteiger partial charge in [-0.05, 0) is 19.1 Å². The van der Waals surface area contributed by atoms with Crippen molar-refractivity contribution in [2.24, 2.45) is 16.6 Å². The van der Waals surface area contributed by atoms with Crippen LogP contribution in [0.1, 0.15) is 12.5 Å². The van der Waals surface area contributed by atoms with Gasteiger partial charge in [-0.3, -0.25) is 9.59 Å². The zero-order valence-corrected chi connectivity index (χ0v) is 14.1. The van der Waals surface area contributed by atoms with E-state index in [1.807, 2.05) is 0 Å². The van der Waals surface area contributed by atoms with Gasteiger partial charge < -0.3 is 11.1 Å². The Hall–Kier alpha value is -2.56. The highest BCUT2D eigenvalue weighted by Gasteiger charge is 2.51. The van der Waals surface area contributed by atoms with Crippen LogP contribution in [0.2, 0.25) is 0 Å². The number of alkyl halides is 4. The third-order valence-electron chi connectivity index (χ3n) is 3.68. The number of halogens is 7. The van der Waals surface area contributed by atoms with Crippen molar-refractivity contribution < 1.29 is 35.9 Å².